The summed E-state index contributed by atoms with van der Waals surface area (Å²) in [4.78, 5) is 4.94. The first kappa shape index (κ1) is 20.3. The summed E-state index contributed by atoms with van der Waals surface area (Å²) >= 11 is 0. The highest BCUT2D eigenvalue weighted by Gasteiger charge is 2.12. The van der Waals surface area contributed by atoms with E-state index in [1.54, 1.807) is 0 Å². The molecule has 0 bridgehead atoms. The van der Waals surface area contributed by atoms with Crippen molar-refractivity contribution in [3.8, 4) is 22.4 Å². The molecule has 0 unspecified atom stereocenters. The van der Waals surface area contributed by atoms with Crippen molar-refractivity contribution in [3.63, 3.8) is 0 Å². The molecule has 6 aromatic carbocycles. The summed E-state index contributed by atoms with van der Waals surface area (Å²) in [6.07, 6.45) is 2.04. The van der Waals surface area contributed by atoms with Crippen LogP contribution in [-0.4, -0.2) is 4.98 Å². The summed E-state index contributed by atoms with van der Waals surface area (Å²) < 4.78 is 6.03. The van der Waals surface area contributed by atoms with Crippen LogP contribution in [0.4, 0.5) is 0 Å². The summed E-state index contributed by atoms with van der Waals surface area (Å²) in [6, 6.07) is 42.8. The molecule has 37 heavy (non-hydrogen) atoms. The summed E-state index contributed by atoms with van der Waals surface area (Å²) in [5.41, 5.74) is 6.24. The second-order valence-electron chi connectivity index (χ2n) is 9.60. The van der Waals surface area contributed by atoms with E-state index < -0.39 is 0 Å². The summed E-state index contributed by atoms with van der Waals surface area (Å²) in [5.74, 6) is 0. The zero-order valence-corrected chi connectivity index (χ0v) is 20.0. The van der Waals surface area contributed by atoms with Crippen LogP contribution in [0.25, 0.3) is 76.6 Å². The Morgan fingerprint density at radius 3 is 1.76 bits per heavy atom. The standard InChI is InChI=1S/C35H21NO/c1-3-12-27-25(10-1)26-11-2-4-13-28(26)32-21-36-33(20-30(27)32)24-9-7-8-22(18-24)23-16-17-35-31(19-23)29-14-5-6-15-34(29)37-35/h1-21H. The molecule has 0 atom stereocenters. The molecule has 2 heteroatoms. The summed E-state index contributed by atoms with van der Waals surface area (Å²) in [5, 5.41) is 9.74. The molecule has 2 heterocycles. The fraction of sp³-hybridized carbons (Fsp3) is 0. The Labute approximate surface area is 213 Å². The van der Waals surface area contributed by atoms with E-state index in [1.165, 1.54) is 32.3 Å². The maximum absolute atomic E-state index is 6.03. The van der Waals surface area contributed by atoms with E-state index in [4.69, 9.17) is 9.40 Å². The SMILES string of the molecule is c1cc(-c2ccc3oc4ccccc4c3c2)cc(-c2cc3c4ccccc4c4ccccc4c3cn2)c1. The predicted octanol–water partition coefficient (Wildman–Crippen LogP) is 9.77. The van der Waals surface area contributed by atoms with Gasteiger partial charge in [-0.25, -0.2) is 0 Å². The molecule has 8 aromatic rings. The van der Waals surface area contributed by atoms with Crippen molar-refractivity contribution >= 4 is 54.3 Å². The molecule has 2 nitrogen and oxygen atoms in total. The Morgan fingerprint density at radius 1 is 0.378 bits per heavy atom. The van der Waals surface area contributed by atoms with Gasteiger partial charge in [-0.15, -0.1) is 0 Å². The highest BCUT2D eigenvalue weighted by atomic mass is 16.3. The lowest BCUT2D eigenvalue weighted by Gasteiger charge is -2.12. The molecule has 0 amide bonds. The molecule has 0 spiro atoms. The minimum Gasteiger partial charge on any atom is -0.456 e. The van der Waals surface area contributed by atoms with Crippen LogP contribution in [0.3, 0.4) is 0 Å². The fourth-order valence-electron chi connectivity index (χ4n) is 5.72. The van der Waals surface area contributed by atoms with Gasteiger partial charge in [0.15, 0.2) is 0 Å². The third-order valence-corrected chi connectivity index (χ3v) is 7.50. The molecule has 0 aliphatic rings. The molecule has 2 aromatic heterocycles. The second kappa shape index (κ2) is 7.78. The zero-order valence-electron chi connectivity index (χ0n) is 20.0. The molecule has 172 valence electrons. The van der Waals surface area contributed by atoms with Gasteiger partial charge in [-0.1, -0.05) is 91.0 Å². The lowest BCUT2D eigenvalue weighted by atomic mass is 9.94. The van der Waals surface area contributed by atoms with Crippen molar-refractivity contribution in [1.29, 1.82) is 0 Å². The van der Waals surface area contributed by atoms with E-state index in [1.807, 2.05) is 18.3 Å². The highest BCUT2D eigenvalue weighted by Crippen LogP contribution is 2.37. The number of furan rings is 1. The third-order valence-electron chi connectivity index (χ3n) is 7.50. The van der Waals surface area contributed by atoms with Gasteiger partial charge in [-0.3, -0.25) is 4.98 Å². The van der Waals surface area contributed by atoms with E-state index in [0.717, 1.165) is 44.3 Å². The van der Waals surface area contributed by atoms with E-state index in [9.17, 15) is 0 Å². The molecular weight excluding hydrogens is 450 g/mol. The molecule has 0 N–H and O–H groups in total. The van der Waals surface area contributed by atoms with E-state index in [0.29, 0.717) is 0 Å². The van der Waals surface area contributed by atoms with E-state index in [2.05, 4.69) is 109 Å². The first-order chi connectivity index (χ1) is 18.3. The third kappa shape index (κ3) is 3.09. The zero-order chi connectivity index (χ0) is 24.3. The maximum Gasteiger partial charge on any atom is 0.135 e. The van der Waals surface area contributed by atoms with Gasteiger partial charge in [-0.05, 0) is 68.4 Å². The van der Waals surface area contributed by atoms with Crippen LogP contribution in [-0.2, 0) is 0 Å². The first-order valence-corrected chi connectivity index (χ1v) is 12.5. The fourth-order valence-corrected chi connectivity index (χ4v) is 5.72. The van der Waals surface area contributed by atoms with Crippen LogP contribution < -0.4 is 0 Å². The van der Waals surface area contributed by atoms with Gasteiger partial charge in [-0.2, -0.15) is 0 Å². The van der Waals surface area contributed by atoms with Crippen molar-refractivity contribution < 1.29 is 4.42 Å². The van der Waals surface area contributed by atoms with Crippen LogP contribution in [0.15, 0.2) is 132 Å². The second-order valence-corrected chi connectivity index (χ2v) is 9.60. The number of nitrogens with zero attached hydrogens (tertiary/aromatic N) is 1. The van der Waals surface area contributed by atoms with Crippen LogP contribution in [0.1, 0.15) is 0 Å². The largest absolute Gasteiger partial charge is 0.456 e. The number of hydrogen-bond acceptors (Lipinski definition) is 2. The maximum atomic E-state index is 6.03. The van der Waals surface area contributed by atoms with E-state index >= 15 is 0 Å². The molecule has 0 saturated heterocycles. The van der Waals surface area contributed by atoms with Gasteiger partial charge in [0.2, 0.25) is 0 Å². The van der Waals surface area contributed by atoms with Crippen LogP contribution in [0, 0.1) is 0 Å². The highest BCUT2D eigenvalue weighted by molar-refractivity contribution is 6.25. The van der Waals surface area contributed by atoms with Crippen LogP contribution >= 0.6 is 0 Å². The topological polar surface area (TPSA) is 26.0 Å². The number of hydrogen-bond donors (Lipinski definition) is 0. The van der Waals surface area contributed by atoms with Crippen LogP contribution in [0.5, 0.6) is 0 Å². The molecule has 0 radical (unpaired) electrons. The summed E-state index contributed by atoms with van der Waals surface area (Å²) in [7, 11) is 0. The van der Waals surface area contributed by atoms with Gasteiger partial charge >= 0.3 is 0 Å². The molecular formula is C35H21NO. The minimum atomic E-state index is 0.913. The molecule has 0 fully saturated rings. The molecule has 0 aliphatic heterocycles. The first-order valence-electron chi connectivity index (χ1n) is 12.5. The lowest BCUT2D eigenvalue weighted by molar-refractivity contribution is 0.669. The monoisotopic (exact) mass is 471 g/mol. The Hall–Kier alpha value is -4.95. The van der Waals surface area contributed by atoms with Gasteiger partial charge in [0.05, 0.1) is 5.69 Å². The minimum absolute atomic E-state index is 0.913. The smallest absolute Gasteiger partial charge is 0.135 e. The van der Waals surface area contributed by atoms with Gasteiger partial charge in [0.25, 0.3) is 0 Å². The van der Waals surface area contributed by atoms with Gasteiger partial charge in [0, 0.05) is 27.9 Å². The number of aromatic nitrogens is 1. The van der Waals surface area contributed by atoms with Crippen molar-refractivity contribution in [2.75, 3.05) is 0 Å². The average Bonchev–Trinajstić information content (AvgIpc) is 3.35. The molecule has 0 aliphatic carbocycles. The Bertz CT molecular complexity index is 2120. The lowest BCUT2D eigenvalue weighted by Crippen LogP contribution is -1.88. The van der Waals surface area contributed by atoms with Gasteiger partial charge in [0.1, 0.15) is 11.2 Å². The molecule has 0 saturated carbocycles. The van der Waals surface area contributed by atoms with Crippen molar-refractivity contribution in [1.82, 2.24) is 4.98 Å². The van der Waals surface area contributed by atoms with Crippen molar-refractivity contribution in [3.05, 3.63) is 128 Å². The van der Waals surface area contributed by atoms with Gasteiger partial charge < -0.3 is 4.42 Å². The van der Waals surface area contributed by atoms with Crippen LogP contribution in [0.2, 0.25) is 0 Å². The number of rotatable bonds is 2. The Kier molecular flexibility index (Phi) is 4.26. The number of pyridine rings is 1. The van der Waals surface area contributed by atoms with E-state index in [-0.39, 0.29) is 0 Å². The normalized spacial score (nSPS) is 11.8. The Balaban J connectivity index is 1.31. The number of benzene rings is 6. The number of fused-ring (bicyclic) bond motifs is 9. The molecule has 8 rings (SSSR count). The number of para-hydroxylation sites is 1. The quantitative estimate of drug-likeness (QED) is 0.235. The average molecular weight is 472 g/mol. The predicted molar refractivity (Wildman–Crippen MR) is 155 cm³/mol. The van der Waals surface area contributed by atoms with Crippen molar-refractivity contribution in [2.45, 2.75) is 0 Å². The summed E-state index contributed by atoms with van der Waals surface area (Å²) in [6.45, 7) is 0. The van der Waals surface area contributed by atoms with Crippen molar-refractivity contribution in [2.24, 2.45) is 0 Å². The Morgan fingerprint density at radius 2 is 0.973 bits per heavy atom.